The van der Waals surface area contributed by atoms with E-state index in [1.807, 2.05) is 6.07 Å². The summed E-state index contributed by atoms with van der Waals surface area (Å²) in [4.78, 5) is 11.0. The maximum atomic E-state index is 11.0. The lowest BCUT2D eigenvalue weighted by molar-refractivity contribution is 0.0687. The summed E-state index contributed by atoms with van der Waals surface area (Å²) < 4.78 is 12.1. The minimum Gasteiger partial charge on any atom is -0.493 e. The molecule has 0 radical (unpaired) electrons. The Balaban J connectivity index is 2.19. The molecule has 0 amide bonds. The Hall–Kier alpha value is -2.57. The molecule has 0 fully saturated rings. The Kier molecular flexibility index (Phi) is 3.65. The number of hydrogen-bond donors (Lipinski definition) is 1. The number of carbonyl (C=O) groups is 1. The highest BCUT2D eigenvalue weighted by Crippen LogP contribution is 2.26. The monoisotopic (exact) mass is 263 g/mol. The van der Waals surface area contributed by atoms with E-state index < -0.39 is 5.97 Å². The van der Waals surface area contributed by atoms with Crippen LogP contribution in [0, 0.1) is 0 Å². The standard InChI is InChI=1S/C12H13N3O4/c1-15-8(11(12(16)17)13-14-15)7-19-10-6-4-3-5-9(10)18-2/h3-6H,7H2,1-2H3,(H,16,17). The van der Waals surface area contributed by atoms with E-state index >= 15 is 0 Å². The lowest BCUT2D eigenvalue weighted by Crippen LogP contribution is -2.09. The Morgan fingerprint density at radius 2 is 2.05 bits per heavy atom. The molecule has 7 nitrogen and oxygen atoms in total. The van der Waals surface area contributed by atoms with E-state index in [9.17, 15) is 4.79 Å². The molecule has 1 aromatic carbocycles. The molecule has 0 saturated heterocycles. The first-order chi connectivity index (χ1) is 9.13. The molecule has 0 spiro atoms. The van der Waals surface area contributed by atoms with Crippen LogP contribution in [0.15, 0.2) is 24.3 Å². The Labute approximate surface area is 109 Å². The van der Waals surface area contributed by atoms with Crippen molar-refractivity contribution in [3.05, 3.63) is 35.7 Å². The summed E-state index contributed by atoms with van der Waals surface area (Å²) in [6.45, 7) is 0.0471. The number of methoxy groups -OCH3 is 1. The predicted molar refractivity (Wildman–Crippen MR) is 65.3 cm³/mol. The molecular formula is C12H13N3O4. The molecular weight excluding hydrogens is 250 g/mol. The minimum absolute atomic E-state index is 0.0471. The van der Waals surface area contributed by atoms with Gasteiger partial charge in [0, 0.05) is 7.05 Å². The van der Waals surface area contributed by atoms with Gasteiger partial charge >= 0.3 is 5.97 Å². The molecule has 1 aromatic heterocycles. The van der Waals surface area contributed by atoms with Crippen LogP contribution in [0.2, 0.25) is 0 Å². The second-order valence-electron chi connectivity index (χ2n) is 3.75. The van der Waals surface area contributed by atoms with Crippen molar-refractivity contribution in [1.29, 1.82) is 0 Å². The molecule has 0 atom stereocenters. The fourth-order valence-corrected chi connectivity index (χ4v) is 1.59. The SMILES string of the molecule is COc1ccccc1OCc1c(C(=O)O)nnn1C. The van der Waals surface area contributed by atoms with Crippen molar-refractivity contribution >= 4 is 5.97 Å². The van der Waals surface area contributed by atoms with Gasteiger partial charge in [-0.25, -0.2) is 9.48 Å². The second kappa shape index (κ2) is 5.38. The van der Waals surface area contributed by atoms with Crippen molar-refractivity contribution in [2.24, 2.45) is 7.05 Å². The van der Waals surface area contributed by atoms with Crippen LogP contribution >= 0.6 is 0 Å². The van der Waals surface area contributed by atoms with E-state index in [0.717, 1.165) is 0 Å². The average Bonchev–Trinajstić information content (AvgIpc) is 2.78. The highest BCUT2D eigenvalue weighted by Gasteiger charge is 2.18. The fourth-order valence-electron chi connectivity index (χ4n) is 1.59. The van der Waals surface area contributed by atoms with E-state index in [1.54, 1.807) is 25.2 Å². The number of rotatable bonds is 5. The average molecular weight is 263 g/mol. The summed E-state index contributed by atoms with van der Waals surface area (Å²) in [6.07, 6.45) is 0. The predicted octanol–water partition coefficient (Wildman–Crippen LogP) is 1.10. The summed E-state index contributed by atoms with van der Waals surface area (Å²) in [6, 6.07) is 7.12. The molecule has 19 heavy (non-hydrogen) atoms. The van der Waals surface area contributed by atoms with E-state index in [4.69, 9.17) is 14.6 Å². The van der Waals surface area contributed by atoms with Crippen molar-refractivity contribution in [3.63, 3.8) is 0 Å². The molecule has 0 aliphatic heterocycles. The molecule has 0 saturated carbocycles. The van der Waals surface area contributed by atoms with Gasteiger partial charge in [-0.3, -0.25) is 0 Å². The van der Waals surface area contributed by atoms with Gasteiger partial charge in [-0.15, -0.1) is 5.10 Å². The molecule has 0 unspecified atom stereocenters. The van der Waals surface area contributed by atoms with Crippen LogP contribution in [-0.4, -0.2) is 33.2 Å². The third kappa shape index (κ3) is 2.65. The van der Waals surface area contributed by atoms with Crippen molar-refractivity contribution in [2.75, 3.05) is 7.11 Å². The van der Waals surface area contributed by atoms with Crippen LogP contribution in [0.25, 0.3) is 0 Å². The largest absolute Gasteiger partial charge is 0.493 e. The molecule has 2 rings (SSSR count). The Bertz CT molecular complexity index is 594. The van der Waals surface area contributed by atoms with Gasteiger partial charge in [0.2, 0.25) is 0 Å². The van der Waals surface area contributed by atoms with E-state index in [2.05, 4.69) is 10.3 Å². The molecule has 100 valence electrons. The molecule has 1 N–H and O–H groups in total. The zero-order valence-corrected chi connectivity index (χ0v) is 10.5. The maximum absolute atomic E-state index is 11.0. The molecule has 2 aromatic rings. The number of aromatic nitrogens is 3. The summed E-state index contributed by atoms with van der Waals surface area (Å²) in [5.41, 5.74) is 0.274. The highest BCUT2D eigenvalue weighted by atomic mass is 16.5. The van der Waals surface area contributed by atoms with Crippen molar-refractivity contribution in [2.45, 2.75) is 6.61 Å². The number of carboxylic acid groups (broad SMARTS) is 1. The first-order valence-electron chi connectivity index (χ1n) is 5.51. The van der Waals surface area contributed by atoms with Crippen LogP contribution in [0.3, 0.4) is 0 Å². The number of carboxylic acids is 1. The van der Waals surface area contributed by atoms with Crippen LogP contribution in [0.1, 0.15) is 16.2 Å². The number of nitrogens with zero attached hydrogens (tertiary/aromatic N) is 3. The zero-order chi connectivity index (χ0) is 13.8. The van der Waals surface area contributed by atoms with E-state index in [0.29, 0.717) is 17.2 Å². The smallest absolute Gasteiger partial charge is 0.358 e. The quantitative estimate of drug-likeness (QED) is 0.869. The fraction of sp³-hybridized carbons (Fsp3) is 0.250. The number of aryl methyl sites for hydroxylation is 1. The highest BCUT2D eigenvalue weighted by molar-refractivity contribution is 5.86. The van der Waals surface area contributed by atoms with Crippen LogP contribution in [0.4, 0.5) is 0 Å². The van der Waals surface area contributed by atoms with Gasteiger partial charge < -0.3 is 14.6 Å². The second-order valence-corrected chi connectivity index (χ2v) is 3.75. The number of para-hydroxylation sites is 2. The topological polar surface area (TPSA) is 86.5 Å². The molecule has 0 aliphatic rings. The van der Waals surface area contributed by atoms with Crippen molar-refractivity contribution in [1.82, 2.24) is 15.0 Å². The van der Waals surface area contributed by atoms with Crippen LogP contribution in [0.5, 0.6) is 11.5 Å². The number of benzene rings is 1. The third-order valence-corrected chi connectivity index (χ3v) is 2.58. The van der Waals surface area contributed by atoms with Crippen molar-refractivity contribution in [3.8, 4) is 11.5 Å². The van der Waals surface area contributed by atoms with E-state index in [-0.39, 0.29) is 12.3 Å². The molecule has 0 aliphatic carbocycles. The summed E-state index contributed by atoms with van der Waals surface area (Å²) in [5.74, 6) is -0.0243. The first-order valence-corrected chi connectivity index (χ1v) is 5.51. The van der Waals surface area contributed by atoms with Gasteiger partial charge in [0.15, 0.2) is 17.2 Å². The summed E-state index contributed by atoms with van der Waals surface area (Å²) in [5, 5.41) is 16.2. The van der Waals surface area contributed by atoms with Crippen LogP contribution in [-0.2, 0) is 13.7 Å². The Morgan fingerprint density at radius 1 is 1.37 bits per heavy atom. The normalized spacial score (nSPS) is 10.2. The molecule has 0 bridgehead atoms. The Morgan fingerprint density at radius 3 is 2.68 bits per heavy atom. The number of hydrogen-bond acceptors (Lipinski definition) is 5. The molecule has 7 heteroatoms. The summed E-state index contributed by atoms with van der Waals surface area (Å²) >= 11 is 0. The van der Waals surface area contributed by atoms with Gasteiger partial charge in [-0.2, -0.15) is 0 Å². The summed E-state index contributed by atoms with van der Waals surface area (Å²) in [7, 11) is 3.15. The first kappa shape index (κ1) is 12.9. The van der Waals surface area contributed by atoms with Gasteiger partial charge in [-0.1, -0.05) is 17.3 Å². The van der Waals surface area contributed by atoms with Gasteiger partial charge in [0.1, 0.15) is 12.3 Å². The third-order valence-electron chi connectivity index (χ3n) is 2.58. The van der Waals surface area contributed by atoms with Gasteiger partial charge in [0.05, 0.1) is 7.11 Å². The number of aromatic carboxylic acids is 1. The lowest BCUT2D eigenvalue weighted by Gasteiger charge is -2.10. The van der Waals surface area contributed by atoms with Crippen LogP contribution < -0.4 is 9.47 Å². The molecule has 1 heterocycles. The zero-order valence-electron chi connectivity index (χ0n) is 10.5. The van der Waals surface area contributed by atoms with Gasteiger partial charge in [-0.05, 0) is 12.1 Å². The lowest BCUT2D eigenvalue weighted by atomic mass is 10.3. The van der Waals surface area contributed by atoms with Gasteiger partial charge in [0.25, 0.3) is 0 Å². The minimum atomic E-state index is -1.13. The number of ether oxygens (including phenoxy) is 2. The van der Waals surface area contributed by atoms with E-state index in [1.165, 1.54) is 11.8 Å². The van der Waals surface area contributed by atoms with Crippen molar-refractivity contribution < 1.29 is 19.4 Å². The maximum Gasteiger partial charge on any atom is 0.358 e.